The first-order valence-electron chi connectivity index (χ1n) is 11.0. The quantitative estimate of drug-likeness (QED) is 0.402. The van der Waals surface area contributed by atoms with Gasteiger partial charge in [0.2, 0.25) is 5.43 Å². The predicted octanol–water partition coefficient (Wildman–Crippen LogP) is 4.45. The van der Waals surface area contributed by atoms with Gasteiger partial charge in [-0.25, -0.2) is 0 Å². The molecule has 0 radical (unpaired) electrons. The number of aliphatic hydroxyl groups excluding tert-OH is 1. The maximum atomic E-state index is 12.8. The summed E-state index contributed by atoms with van der Waals surface area (Å²) in [7, 11) is 1.61. The van der Waals surface area contributed by atoms with Gasteiger partial charge < -0.3 is 19.4 Å². The molecular formula is C28H27NO5. The summed E-state index contributed by atoms with van der Waals surface area (Å²) in [6, 6.07) is 28.4. The zero-order valence-electron chi connectivity index (χ0n) is 19.2. The molecule has 0 fully saturated rings. The molecule has 0 aliphatic heterocycles. The van der Waals surface area contributed by atoms with Gasteiger partial charge in [0.05, 0.1) is 19.4 Å². The Hall–Kier alpha value is -4.03. The summed E-state index contributed by atoms with van der Waals surface area (Å²) < 4.78 is 12.6. The molecule has 1 aromatic heterocycles. The highest BCUT2D eigenvalue weighted by atomic mass is 16.7. The maximum Gasteiger partial charge on any atom is 0.224 e. The zero-order chi connectivity index (χ0) is 23.9. The van der Waals surface area contributed by atoms with E-state index >= 15 is 0 Å². The van der Waals surface area contributed by atoms with Crippen molar-refractivity contribution < 1.29 is 19.4 Å². The van der Waals surface area contributed by atoms with E-state index in [4.69, 9.17) is 14.3 Å². The highest BCUT2D eigenvalue weighted by Gasteiger charge is 2.21. The molecule has 0 atom stereocenters. The fourth-order valence-electron chi connectivity index (χ4n) is 3.75. The lowest BCUT2D eigenvalue weighted by atomic mass is 10.0. The van der Waals surface area contributed by atoms with E-state index in [2.05, 4.69) is 0 Å². The zero-order valence-corrected chi connectivity index (χ0v) is 19.2. The van der Waals surface area contributed by atoms with Gasteiger partial charge in [-0.3, -0.25) is 4.79 Å². The highest BCUT2D eigenvalue weighted by Crippen LogP contribution is 2.26. The fourth-order valence-corrected chi connectivity index (χ4v) is 3.75. The maximum absolute atomic E-state index is 12.8. The van der Waals surface area contributed by atoms with Crippen LogP contribution in [0.15, 0.2) is 95.8 Å². The van der Waals surface area contributed by atoms with Crippen LogP contribution in [0.5, 0.6) is 11.5 Å². The number of hydrogen-bond acceptors (Lipinski definition) is 5. The molecule has 0 saturated heterocycles. The Labute approximate surface area is 198 Å². The van der Waals surface area contributed by atoms with Gasteiger partial charge >= 0.3 is 0 Å². The van der Waals surface area contributed by atoms with Crippen LogP contribution < -0.4 is 19.7 Å². The molecule has 0 bridgehead atoms. The summed E-state index contributed by atoms with van der Waals surface area (Å²) in [6.07, 6.45) is -0.455. The van der Waals surface area contributed by atoms with E-state index in [9.17, 15) is 9.90 Å². The first-order chi connectivity index (χ1) is 16.6. The van der Waals surface area contributed by atoms with Crippen LogP contribution in [0.4, 0.5) is 0 Å². The standard InChI is InChI=1S/C28H27NO5/c1-20-27(33-19-21-13-15-25(32-2)16-14-21)26(31)17-24(18-30)29(20)34-28(22-9-5-3-6-10-22)23-11-7-4-8-12-23/h3-17,28,30H,18-19H2,1-2H3. The number of nitrogens with zero attached hydrogens (tertiary/aromatic N) is 1. The van der Waals surface area contributed by atoms with Crippen LogP contribution in [0, 0.1) is 6.92 Å². The van der Waals surface area contributed by atoms with Gasteiger partial charge in [-0.15, -0.1) is 0 Å². The van der Waals surface area contributed by atoms with E-state index < -0.39 is 6.10 Å². The molecule has 1 N–H and O–H groups in total. The third-order valence-electron chi connectivity index (χ3n) is 5.54. The second-order valence-electron chi connectivity index (χ2n) is 7.81. The number of methoxy groups -OCH3 is 1. The molecule has 3 aromatic carbocycles. The highest BCUT2D eigenvalue weighted by molar-refractivity contribution is 5.33. The Morgan fingerprint density at radius 1 is 0.882 bits per heavy atom. The van der Waals surface area contributed by atoms with Gasteiger partial charge in [0.25, 0.3) is 0 Å². The summed E-state index contributed by atoms with van der Waals surface area (Å²) >= 11 is 0. The number of rotatable bonds is 9. The molecular weight excluding hydrogens is 430 g/mol. The minimum absolute atomic E-state index is 0.174. The molecule has 1 heterocycles. The molecule has 0 aliphatic rings. The molecule has 0 unspecified atom stereocenters. The van der Waals surface area contributed by atoms with Crippen molar-refractivity contribution in [2.75, 3.05) is 7.11 Å². The van der Waals surface area contributed by atoms with Crippen molar-refractivity contribution >= 4 is 0 Å². The fraction of sp³-hybridized carbons (Fsp3) is 0.179. The first-order valence-corrected chi connectivity index (χ1v) is 11.0. The van der Waals surface area contributed by atoms with Crippen molar-refractivity contribution in [1.29, 1.82) is 0 Å². The monoisotopic (exact) mass is 457 g/mol. The van der Waals surface area contributed by atoms with Gasteiger partial charge in [-0.05, 0) is 35.7 Å². The van der Waals surface area contributed by atoms with Gasteiger partial charge in [0, 0.05) is 6.07 Å². The second kappa shape index (κ2) is 10.7. The van der Waals surface area contributed by atoms with Crippen molar-refractivity contribution in [3.8, 4) is 11.5 Å². The lowest BCUT2D eigenvalue weighted by Gasteiger charge is -2.25. The largest absolute Gasteiger partial charge is 0.497 e. The topological polar surface area (TPSA) is 69.9 Å². The van der Waals surface area contributed by atoms with Crippen LogP contribution in [0.3, 0.4) is 0 Å². The third-order valence-corrected chi connectivity index (χ3v) is 5.54. The minimum Gasteiger partial charge on any atom is -0.497 e. The Morgan fingerprint density at radius 2 is 1.47 bits per heavy atom. The molecule has 6 heteroatoms. The normalized spacial score (nSPS) is 10.8. The Kier molecular flexibility index (Phi) is 7.30. The SMILES string of the molecule is COc1ccc(COc2c(C)n(OC(c3ccccc3)c3ccccc3)c(CO)cc2=O)cc1. The molecule has 0 saturated carbocycles. The molecule has 34 heavy (non-hydrogen) atoms. The first kappa shape index (κ1) is 23.1. The van der Waals surface area contributed by atoms with Crippen molar-refractivity contribution in [1.82, 2.24) is 4.73 Å². The van der Waals surface area contributed by atoms with Gasteiger partial charge in [0.1, 0.15) is 18.1 Å². The number of aliphatic hydroxyl groups is 1. The summed E-state index contributed by atoms with van der Waals surface area (Å²) in [6.45, 7) is 1.60. The van der Waals surface area contributed by atoms with Gasteiger partial charge in [-0.1, -0.05) is 72.8 Å². The molecule has 0 aliphatic carbocycles. The van der Waals surface area contributed by atoms with Crippen LogP contribution in [0.25, 0.3) is 0 Å². The molecule has 0 spiro atoms. The molecule has 6 nitrogen and oxygen atoms in total. The van der Waals surface area contributed by atoms with Gasteiger partial charge in [0.15, 0.2) is 11.9 Å². The van der Waals surface area contributed by atoms with Crippen molar-refractivity contribution in [3.63, 3.8) is 0 Å². The summed E-state index contributed by atoms with van der Waals surface area (Å²) in [5.74, 6) is 0.920. The van der Waals surface area contributed by atoms with Crippen LogP contribution in [-0.4, -0.2) is 16.9 Å². The Bertz CT molecular complexity index is 1230. The van der Waals surface area contributed by atoms with E-state index in [0.29, 0.717) is 11.4 Å². The lowest BCUT2D eigenvalue weighted by molar-refractivity contribution is 0.0407. The average Bonchev–Trinajstić information content (AvgIpc) is 2.89. The van der Waals surface area contributed by atoms with E-state index in [1.807, 2.05) is 84.9 Å². The van der Waals surface area contributed by atoms with E-state index in [1.165, 1.54) is 10.8 Å². The van der Waals surface area contributed by atoms with Crippen molar-refractivity contribution in [2.24, 2.45) is 0 Å². The minimum atomic E-state index is -0.455. The summed E-state index contributed by atoms with van der Waals surface area (Å²) in [4.78, 5) is 19.2. The smallest absolute Gasteiger partial charge is 0.224 e. The third kappa shape index (κ3) is 5.13. The van der Waals surface area contributed by atoms with E-state index in [-0.39, 0.29) is 24.4 Å². The van der Waals surface area contributed by atoms with Crippen LogP contribution in [0.1, 0.15) is 34.2 Å². The molecule has 4 rings (SSSR count). The van der Waals surface area contributed by atoms with Crippen molar-refractivity contribution in [3.05, 3.63) is 129 Å². The number of pyridine rings is 1. The number of aromatic nitrogens is 1. The number of hydrogen-bond donors (Lipinski definition) is 1. The van der Waals surface area contributed by atoms with Crippen LogP contribution in [0.2, 0.25) is 0 Å². The van der Waals surface area contributed by atoms with Crippen LogP contribution >= 0.6 is 0 Å². The Balaban J connectivity index is 1.69. The van der Waals surface area contributed by atoms with Gasteiger partial charge in [-0.2, -0.15) is 4.73 Å². The molecule has 0 amide bonds. The molecule has 4 aromatic rings. The number of ether oxygens (including phenoxy) is 2. The van der Waals surface area contributed by atoms with Crippen LogP contribution in [-0.2, 0) is 13.2 Å². The van der Waals surface area contributed by atoms with Crippen molar-refractivity contribution in [2.45, 2.75) is 26.2 Å². The van der Waals surface area contributed by atoms with E-state index in [0.717, 1.165) is 22.4 Å². The second-order valence-corrected chi connectivity index (χ2v) is 7.81. The predicted molar refractivity (Wildman–Crippen MR) is 130 cm³/mol. The molecule has 174 valence electrons. The average molecular weight is 458 g/mol. The Morgan fingerprint density at radius 3 is 2.00 bits per heavy atom. The summed E-state index contributed by atoms with van der Waals surface area (Å²) in [5.41, 5.74) is 3.28. The summed E-state index contributed by atoms with van der Waals surface area (Å²) in [5, 5.41) is 9.98. The number of benzene rings is 3. The lowest BCUT2D eigenvalue weighted by Crippen LogP contribution is -2.27. The van der Waals surface area contributed by atoms with E-state index in [1.54, 1.807) is 14.0 Å².